The Morgan fingerprint density at radius 1 is 1.20 bits per heavy atom. The zero-order valence-corrected chi connectivity index (χ0v) is 10.00. The summed E-state index contributed by atoms with van der Waals surface area (Å²) >= 11 is 2.05. The molecule has 0 N–H and O–H groups in total. The Kier molecular flexibility index (Phi) is 2.72. The highest BCUT2D eigenvalue weighted by Gasteiger charge is 2.06. The Labute approximate surface area is 99.1 Å². The quantitative estimate of drug-likeness (QED) is 0.739. The molecule has 2 aromatic rings. The van der Waals surface area contributed by atoms with Gasteiger partial charge in [0.1, 0.15) is 21.2 Å². The second-order valence-corrected chi connectivity index (χ2v) is 4.21. The zero-order valence-electron chi connectivity index (χ0n) is 7.84. The van der Waals surface area contributed by atoms with E-state index in [0.29, 0.717) is 11.5 Å². The highest BCUT2D eigenvalue weighted by atomic mass is 127. The van der Waals surface area contributed by atoms with Crippen LogP contribution in [-0.2, 0) is 0 Å². The molecule has 0 saturated heterocycles. The molecule has 0 aliphatic carbocycles. The van der Waals surface area contributed by atoms with E-state index in [9.17, 15) is 8.78 Å². The number of hydrogen-bond donors (Lipinski definition) is 0. The molecular weight excluding hydrogens is 313 g/mol. The summed E-state index contributed by atoms with van der Waals surface area (Å²) in [6.07, 6.45) is 1.73. The number of halogens is 3. The van der Waals surface area contributed by atoms with Crippen molar-refractivity contribution < 1.29 is 8.78 Å². The molecule has 0 aliphatic heterocycles. The van der Waals surface area contributed by atoms with E-state index in [1.54, 1.807) is 17.7 Å². The maximum absolute atomic E-state index is 13.0. The molecule has 0 radical (unpaired) electrons. The smallest absolute Gasteiger partial charge is 0.128 e. The molecule has 0 aliphatic rings. The van der Waals surface area contributed by atoms with E-state index in [-0.39, 0.29) is 0 Å². The Morgan fingerprint density at radius 2 is 1.80 bits per heavy atom. The van der Waals surface area contributed by atoms with Crippen molar-refractivity contribution in [1.82, 2.24) is 9.55 Å². The summed E-state index contributed by atoms with van der Waals surface area (Å²) in [6, 6.07) is 3.39. The molecule has 2 nitrogen and oxygen atoms in total. The standard InChI is InChI=1S/C10H7F2IN2/c1-6-14-10(13)5-15(6)9-3-7(11)2-8(12)4-9/h2-5H,1H3. The molecule has 0 amide bonds. The normalized spacial score (nSPS) is 10.7. The minimum Gasteiger partial charge on any atom is -0.303 e. The largest absolute Gasteiger partial charge is 0.303 e. The number of nitrogens with zero attached hydrogens (tertiary/aromatic N) is 2. The van der Waals surface area contributed by atoms with Crippen molar-refractivity contribution in [3.8, 4) is 5.69 Å². The van der Waals surface area contributed by atoms with Gasteiger partial charge < -0.3 is 4.57 Å². The highest BCUT2D eigenvalue weighted by Crippen LogP contribution is 2.16. The SMILES string of the molecule is Cc1nc(I)cn1-c1cc(F)cc(F)c1. The van der Waals surface area contributed by atoms with E-state index in [0.717, 1.165) is 9.77 Å². The average Bonchev–Trinajstić information content (AvgIpc) is 2.43. The fraction of sp³-hybridized carbons (Fsp3) is 0.100. The summed E-state index contributed by atoms with van der Waals surface area (Å²) < 4.78 is 28.4. The van der Waals surface area contributed by atoms with Crippen molar-refractivity contribution in [2.75, 3.05) is 0 Å². The van der Waals surface area contributed by atoms with Gasteiger partial charge in [0, 0.05) is 12.3 Å². The van der Waals surface area contributed by atoms with E-state index in [1.807, 2.05) is 0 Å². The van der Waals surface area contributed by atoms with Gasteiger partial charge in [0.25, 0.3) is 0 Å². The minimum absolute atomic E-state index is 0.445. The number of aromatic nitrogens is 2. The van der Waals surface area contributed by atoms with Crippen molar-refractivity contribution in [2.45, 2.75) is 6.92 Å². The van der Waals surface area contributed by atoms with Gasteiger partial charge in [0.2, 0.25) is 0 Å². The van der Waals surface area contributed by atoms with Gasteiger partial charge >= 0.3 is 0 Å². The van der Waals surface area contributed by atoms with Crippen LogP contribution in [0.25, 0.3) is 5.69 Å². The summed E-state index contributed by atoms with van der Waals surface area (Å²) in [4.78, 5) is 4.15. The highest BCUT2D eigenvalue weighted by molar-refractivity contribution is 14.1. The van der Waals surface area contributed by atoms with Gasteiger partial charge in [0.15, 0.2) is 0 Å². The fourth-order valence-corrected chi connectivity index (χ4v) is 2.00. The molecule has 0 bridgehead atoms. The Morgan fingerprint density at radius 3 is 2.27 bits per heavy atom. The second kappa shape index (κ2) is 3.88. The number of rotatable bonds is 1. The van der Waals surface area contributed by atoms with Gasteiger partial charge in [-0.15, -0.1) is 0 Å². The molecule has 15 heavy (non-hydrogen) atoms. The summed E-state index contributed by atoms with van der Waals surface area (Å²) in [7, 11) is 0. The van der Waals surface area contributed by atoms with Crippen LogP contribution in [0.1, 0.15) is 5.82 Å². The summed E-state index contributed by atoms with van der Waals surface area (Å²) in [5, 5.41) is 0. The number of benzene rings is 1. The van der Waals surface area contributed by atoms with E-state index in [2.05, 4.69) is 27.6 Å². The van der Waals surface area contributed by atoms with Crippen molar-refractivity contribution in [1.29, 1.82) is 0 Å². The minimum atomic E-state index is -0.590. The van der Waals surface area contributed by atoms with Crippen LogP contribution in [0.2, 0.25) is 0 Å². The lowest BCUT2D eigenvalue weighted by atomic mass is 10.3. The summed E-state index contributed by atoms with van der Waals surface area (Å²) in [5.41, 5.74) is 0.445. The Balaban J connectivity index is 2.58. The lowest BCUT2D eigenvalue weighted by molar-refractivity contribution is 0.581. The van der Waals surface area contributed by atoms with Crippen molar-refractivity contribution in [3.63, 3.8) is 0 Å². The van der Waals surface area contributed by atoms with Crippen molar-refractivity contribution >= 4 is 22.6 Å². The third-order valence-corrected chi connectivity index (χ3v) is 2.50. The number of aryl methyl sites for hydroxylation is 1. The first-order valence-corrected chi connectivity index (χ1v) is 5.32. The third-order valence-electron chi connectivity index (χ3n) is 1.98. The first-order valence-electron chi connectivity index (χ1n) is 4.24. The van der Waals surface area contributed by atoms with E-state index < -0.39 is 11.6 Å². The van der Waals surface area contributed by atoms with Crippen LogP contribution in [0.3, 0.4) is 0 Å². The van der Waals surface area contributed by atoms with Gasteiger partial charge in [-0.05, 0) is 41.6 Å². The van der Waals surface area contributed by atoms with Gasteiger partial charge in [-0.25, -0.2) is 13.8 Å². The van der Waals surface area contributed by atoms with Crippen LogP contribution in [0.4, 0.5) is 8.78 Å². The van der Waals surface area contributed by atoms with Crippen LogP contribution >= 0.6 is 22.6 Å². The molecule has 1 aromatic carbocycles. The Hall–Kier alpha value is -0.980. The summed E-state index contributed by atoms with van der Waals surface area (Å²) in [6.45, 7) is 1.78. The van der Waals surface area contributed by atoms with Gasteiger partial charge in [-0.3, -0.25) is 0 Å². The first kappa shape index (κ1) is 10.5. The lowest BCUT2D eigenvalue weighted by Crippen LogP contribution is -1.97. The van der Waals surface area contributed by atoms with Crippen molar-refractivity contribution in [3.05, 3.63) is 45.6 Å². The second-order valence-electron chi connectivity index (χ2n) is 3.11. The molecule has 0 fully saturated rings. The van der Waals surface area contributed by atoms with Crippen molar-refractivity contribution in [2.24, 2.45) is 0 Å². The zero-order chi connectivity index (χ0) is 11.0. The molecule has 2 rings (SSSR count). The molecule has 0 saturated carbocycles. The van der Waals surface area contributed by atoms with E-state index in [4.69, 9.17) is 0 Å². The predicted molar refractivity (Wildman–Crippen MR) is 60.9 cm³/mol. The number of hydrogen-bond acceptors (Lipinski definition) is 1. The summed E-state index contributed by atoms with van der Waals surface area (Å²) in [5.74, 6) is -0.481. The van der Waals surface area contributed by atoms with Gasteiger partial charge in [0.05, 0.1) is 5.69 Å². The molecule has 78 valence electrons. The molecule has 0 spiro atoms. The first-order chi connectivity index (χ1) is 7.06. The topological polar surface area (TPSA) is 17.8 Å². The molecule has 0 unspecified atom stereocenters. The Bertz CT molecular complexity index is 488. The maximum atomic E-state index is 13.0. The van der Waals surface area contributed by atoms with Crippen LogP contribution in [0.5, 0.6) is 0 Å². The van der Waals surface area contributed by atoms with Crippen LogP contribution in [-0.4, -0.2) is 9.55 Å². The molecular formula is C10H7F2IN2. The molecule has 5 heteroatoms. The van der Waals surface area contributed by atoms with Gasteiger partial charge in [-0.1, -0.05) is 0 Å². The molecule has 0 atom stereocenters. The maximum Gasteiger partial charge on any atom is 0.128 e. The van der Waals surface area contributed by atoms with Gasteiger partial charge in [-0.2, -0.15) is 0 Å². The average molecular weight is 320 g/mol. The monoisotopic (exact) mass is 320 g/mol. The molecule has 1 aromatic heterocycles. The lowest BCUT2D eigenvalue weighted by Gasteiger charge is -2.04. The van der Waals surface area contributed by atoms with Crippen LogP contribution < -0.4 is 0 Å². The third kappa shape index (κ3) is 2.17. The van der Waals surface area contributed by atoms with Crippen LogP contribution in [0, 0.1) is 22.3 Å². The van der Waals surface area contributed by atoms with E-state index >= 15 is 0 Å². The number of imidazole rings is 1. The van der Waals surface area contributed by atoms with E-state index in [1.165, 1.54) is 12.1 Å². The van der Waals surface area contributed by atoms with Crippen LogP contribution in [0.15, 0.2) is 24.4 Å². The molecule has 1 heterocycles. The fourth-order valence-electron chi connectivity index (χ4n) is 1.38. The predicted octanol–water partition coefficient (Wildman–Crippen LogP) is 3.06.